The quantitative estimate of drug-likeness (QED) is 0.735. The zero-order valence-electron chi connectivity index (χ0n) is 11.9. The van der Waals surface area contributed by atoms with E-state index in [1.54, 1.807) is 6.33 Å². The summed E-state index contributed by atoms with van der Waals surface area (Å²) in [4.78, 5) is 16.9. The van der Waals surface area contributed by atoms with E-state index in [0.717, 1.165) is 29.8 Å². The fraction of sp³-hybridized carbons (Fsp3) is 0.176. The number of rotatable bonds is 4. The highest BCUT2D eigenvalue weighted by Gasteiger charge is 2.03. The lowest BCUT2D eigenvalue weighted by molar-refractivity contribution is 0.929. The van der Waals surface area contributed by atoms with Crippen molar-refractivity contribution in [2.45, 2.75) is 19.8 Å². The molecule has 21 heavy (non-hydrogen) atoms. The minimum atomic E-state index is 0.917. The molecule has 3 aromatic rings. The summed E-state index contributed by atoms with van der Waals surface area (Å²) in [5.41, 5.74) is 5.41. The van der Waals surface area contributed by atoms with E-state index in [1.807, 2.05) is 36.9 Å². The van der Waals surface area contributed by atoms with Gasteiger partial charge in [-0.05, 0) is 60.7 Å². The molecule has 0 aliphatic carbocycles. The lowest BCUT2D eigenvalue weighted by Crippen LogP contribution is -1.95. The first-order valence-corrected chi connectivity index (χ1v) is 6.93. The van der Waals surface area contributed by atoms with Gasteiger partial charge >= 0.3 is 0 Å². The molecule has 0 atom stereocenters. The van der Waals surface area contributed by atoms with Gasteiger partial charge < -0.3 is 0 Å². The molecule has 0 aliphatic heterocycles. The van der Waals surface area contributed by atoms with E-state index >= 15 is 0 Å². The van der Waals surface area contributed by atoms with Gasteiger partial charge in [-0.2, -0.15) is 0 Å². The second-order valence-corrected chi connectivity index (χ2v) is 5.01. The van der Waals surface area contributed by atoms with Crippen molar-refractivity contribution >= 4 is 0 Å². The fourth-order valence-corrected chi connectivity index (χ4v) is 2.19. The van der Waals surface area contributed by atoms with Gasteiger partial charge in [0.15, 0.2) is 0 Å². The Morgan fingerprint density at radius 1 is 0.810 bits per heavy atom. The fourth-order valence-electron chi connectivity index (χ4n) is 2.19. The van der Waals surface area contributed by atoms with Gasteiger partial charge in [0.05, 0.1) is 11.4 Å². The van der Waals surface area contributed by atoms with Crippen LogP contribution in [-0.4, -0.2) is 19.9 Å². The molecule has 3 rings (SSSR count). The SMILES string of the molecule is Cc1ccnc(-c2cc(CCc3cncnc3)ccn2)c1. The first-order valence-electron chi connectivity index (χ1n) is 6.93. The predicted octanol–water partition coefficient (Wildman–Crippen LogP) is 3.03. The first-order chi connectivity index (χ1) is 10.3. The van der Waals surface area contributed by atoms with Crippen molar-refractivity contribution in [3.8, 4) is 11.4 Å². The van der Waals surface area contributed by atoms with E-state index in [9.17, 15) is 0 Å². The van der Waals surface area contributed by atoms with Crippen molar-refractivity contribution < 1.29 is 0 Å². The third kappa shape index (κ3) is 3.48. The summed E-state index contributed by atoms with van der Waals surface area (Å²) in [6, 6.07) is 8.19. The Morgan fingerprint density at radius 3 is 2.24 bits per heavy atom. The van der Waals surface area contributed by atoms with Crippen molar-refractivity contribution in [3.05, 3.63) is 72.1 Å². The number of aromatic nitrogens is 4. The molecule has 0 unspecified atom stereocenters. The standard InChI is InChI=1S/C17H16N4/c1-13-4-6-20-16(8-13)17-9-14(5-7-21-17)2-3-15-10-18-12-19-11-15/h4-12H,2-3H2,1H3. The maximum absolute atomic E-state index is 4.42. The van der Waals surface area contributed by atoms with Crippen LogP contribution in [0.2, 0.25) is 0 Å². The molecule has 3 heterocycles. The maximum Gasteiger partial charge on any atom is 0.115 e. The molecule has 0 aliphatic rings. The number of aryl methyl sites for hydroxylation is 3. The molecule has 0 saturated carbocycles. The van der Waals surface area contributed by atoms with E-state index in [1.165, 1.54) is 11.1 Å². The third-order valence-corrected chi connectivity index (χ3v) is 3.32. The zero-order chi connectivity index (χ0) is 14.5. The number of pyridine rings is 2. The van der Waals surface area contributed by atoms with Crippen LogP contribution in [0.4, 0.5) is 0 Å². The van der Waals surface area contributed by atoms with E-state index in [0.29, 0.717) is 0 Å². The lowest BCUT2D eigenvalue weighted by atomic mass is 10.1. The van der Waals surface area contributed by atoms with Crippen LogP contribution >= 0.6 is 0 Å². The molecule has 0 N–H and O–H groups in total. The largest absolute Gasteiger partial charge is 0.255 e. The molecule has 3 aromatic heterocycles. The van der Waals surface area contributed by atoms with Crippen LogP contribution in [0.25, 0.3) is 11.4 Å². The van der Waals surface area contributed by atoms with Gasteiger partial charge in [-0.1, -0.05) is 0 Å². The van der Waals surface area contributed by atoms with Crippen LogP contribution in [0.5, 0.6) is 0 Å². The van der Waals surface area contributed by atoms with Crippen molar-refractivity contribution in [1.82, 2.24) is 19.9 Å². The molecule has 0 saturated heterocycles. The van der Waals surface area contributed by atoms with Gasteiger partial charge in [-0.25, -0.2) is 9.97 Å². The minimum Gasteiger partial charge on any atom is -0.255 e. The van der Waals surface area contributed by atoms with Gasteiger partial charge in [0.1, 0.15) is 6.33 Å². The Bertz CT molecular complexity index is 726. The molecular formula is C17H16N4. The molecule has 0 fully saturated rings. The predicted molar refractivity (Wildman–Crippen MR) is 81.6 cm³/mol. The summed E-state index contributed by atoms with van der Waals surface area (Å²) >= 11 is 0. The average molecular weight is 276 g/mol. The Balaban J connectivity index is 1.77. The van der Waals surface area contributed by atoms with Crippen LogP contribution in [0, 0.1) is 6.92 Å². The van der Waals surface area contributed by atoms with Crippen molar-refractivity contribution in [2.75, 3.05) is 0 Å². The Hall–Kier alpha value is -2.62. The van der Waals surface area contributed by atoms with Crippen LogP contribution in [0.15, 0.2) is 55.4 Å². The summed E-state index contributed by atoms with van der Waals surface area (Å²) in [6.45, 7) is 2.06. The first kappa shape index (κ1) is 13.4. The summed E-state index contributed by atoms with van der Waals surface area (Å²) < 4.78 is 0. The van der Waals surface area contributed by atoms with Crippen molar-refractivity contribution in [1.29, 1.82) is 0 Å². The van der Waals surface area contributed by atoms with E-state index in [4.69, 9.17) is 0 Å². The molecule has 0 aromatic carbocycles. The Morgan fingerprint density at radius 2 is 1.48 bits per heavy atom. The van der Waals surface area contributed by atoms with Crippen LogP contribution in [0.3, 0.4) is 0 Å². The highest BCUT2D eigenvalue weighted by Crippen LogP contribution is 2.17. The van der Waals surface area contributed by atoms with Crippen molar-refractivity contribution in [2.24, 2.45) is 0 Å². The third-order valence-electron chi connectivity index (χ3n) is 3.32. The molecule has 4 nitrogen and oxygen atoms in total. The Kier molecular flexibility index (Phi) is 3.96. The molecule has 104 valence electrons. The van der Waals surface area contributed by atoms with Crippen LogP contribution in [-0.2, 0) is 12.8 Å². The molecule has 0 bridgehead atoms. The highest BCUT2D eigenvalue weighted by molar-refractivity contribution is 5.55. The molecule has 0 spiro atoms. The molecule has 4 heteroatoms. The highest BCUT2D eigenvalue weighted by atomic mass is 14.8. The number of hydrogen-bond donors (Lipinski definition) is 0. The van der Waals surface area contributed by atoms with Gasteiger partial charge in [-0.3, -0.25) is 9.97 Å². The normalized spacial score (nSPS) is 10.5. The summed E-state index contributed by atoms with van der Waals surface area (Å²) in [6.07, 6.45) is 10.8. The second-order valence-electron chi connectivity index (χ2n) is 5.01. The minimum absolute atomic E-state index is 0.917. The Labute approximate surface area is 124 Å². The van der Waals surface area contributed by atoms with Gasteiger partial charge in [-0.15, -0.1) is 0 Å². The van der Waals surface area contributed by atoms with Gasteiger partial charge in [0, 0.05) is 24.8 Å². The van der Waals surface area contributed by atoms with E-state index in [2.05, 4.69) is 39.0 Å². The van der Waals surface area contributed by atoms with E-state index in [-0.39, 0.29) is 0 Å². The lowest BCUT2D eigenvalue weighted by Gasteiger charge is -2.05. The molecular weight excluding hydrogens is 260 g/mol. The average Bonchev–Trinajstić information content (AvgIpc) is 2.54. The summed E-state index contributed by atoms with van der Waals surface area (Å²) in [5, 5.41) is 0. The van der Waals surface area contributed by atoms with Crippen molar-refractivity contribution in [3.63, 3.8) is 0 Å². The monoisotopic (exact) mass is 276 g/mol. The van der Waals surface area contributed by atoms with E-state index < -0.39 is 0 Å². The van der Waals surface area contributed by atoms with Crippen LogP contribution < -0.4 is 0 Å². The number of nitrogens with zero attached hydrogens (tertiary/aromatic N) is 4. The summed E-state index contributed by atoms with van der Waals surface area (Å²) in [5.74, 6) is 0. The van der Waals surface area contributed by atoms with Gasteiger partial charge in [0.25, 0.3) is 0 Å². The van der Waals surface area contributed by atoms with Crippen LogP contribution in [0.1, 0.15) is 16.7 Å². The molecule has 0 amide bonds. The maximum atomic E-state index is 4.42. The topological polar surface area (TPSA) is 51.6 Å². The number of hydrogen-bond acceptors (Lipinski definition) is 4. The second kappa shape index (κ2) is 6.22. The van der Waals surface area contributed by atoms with Gasteiger partial charge in [0.2, 0.25) is 0 Å². The smallest absolute Gasteiger partial charge is 0.115 e. The molecule has 0 radical (unpaired) electrons. The summed E-state index contributed by atoms with van der Waals surface area (Å²) in [7, 11) is 0. The zero-order valence-corrected chi connectivity index (χ0v) is 11.9.